The van der Waals surface area contributed by atoms with Crippen LogP contribution < -0.4 is 10.1 Å². The maximum absolute atomic E-state index is 12.2. The number of benzene rings is 2. The zero-order chi connectivity index (χ0) is 18.5. The summed E-state index contributed by atoms with van der Waals surface area (Å²) in [6.45, 7) is 2.12. The lowest BCUT2D eigenvalue weighted by molar-refractivity contribution is -0.116. The first-order valence-corrected chi connectivity index (χ1v) is 8.53. The molecule has 6 nitrogen and oxygen atoms in total. The molecule has 3 aromatic rings. The number of aromatic nitrogens is 2. The standard InChI is InChI=1S/C18H15Cl2N3O3/c1-11-2-3-12(18-23-21-10-26-18)8-16(11)22-17(24)6-7-25-13-4-5-14(19)15(20)9-13/h2-5,8-10H,6-7H2,1H3,(H,22,24). The molecule has 134 valence electrons. The number of hydrogen-bond acceptors (Lipinski definition) is 5. The second-order valence-corrected chi connectivity index (χ2v) is 6.31. The molecule has 1 N–H and O–H groups in total. The molecule has 1 amide bonds. The topological polar surface area (TPSA) is 77.3 Å². The molecule has 0 radical (unpaired) electrons. The number of aryl methyl sites for hydroxylation is 1. The zero-order valence-electron chi connectivity index (χ0n) is 13.8. The van der Waals surface area contributed by atoms with Crippen molar-refractivity contribution >= 4 is 34.8 Å². The number of nitrogens with zero attached hydrogens (tertiary/aromatic N) is 2. The number of hydrogen-bond donors (Lipinski definition) is 1. The van der Waals surface area contributed by atoms with Crippen molar-refractivity contribution in [3.8, 4) is 17.2 Å². The Morgan fingerprint density at radius 2 is 2.04 bits per heavy atom. The van der Waals surface area contributed by atoms with E-state index in [-0.39, 0.29) is 18.9 Å². The highest BCUT2D eigenvalue weighted by Gasteiger charge is 2.10. The van der Waals surface area contributed by atoms with E-state index in [1.165, 1.54) is 6.39 Å². The molecule has 0 aliphatic carbocycles. The third kappa shape index (κ3) is 4.53. The number of ether oxygens (including phenoxy) is 1. The van der Waals surface area contributed by atoms with Gasteiger partial charge >= 0.3 is 0 Å². The molecule has 0 spiro atoms. The fourth-order valence-corrected chi connectivity index (χ4v) is 2.52. The Kier molecular flexibility index (Phi) is 5.75. The first-order valence-electron chi connectivity index (χ1n) is 7.78. The van der Waals surface area contributed by atoms with Crippen molar-refractivity contribution in [2.75, 3.05) is 11.9 Å². The number of carbonyl (C=O) groups excluding carboxylic acids is 1. The molecular formula is C18H15Cl2N3O3. The minimum absolute atomic E-state index is 0.171. The summed E-state index contributed by atoms with van der Waals surface area (Å²) in [5, 5.41) is 11.2. The van der Waals surface area contributed by atoms with E-state index >= 15 is 0 Å². The van der Waals surface area contributed by atoms with E-state index in [4.69, 9.17) is 32.4 Å². The molecule has 0 saturated heterocycles. The maximum atomic E-state index is 12.2. The SMILES string of the molecule is Cc1ccc(-c2nnco2)cc1NC(=O)CCOc1ccc(Cl)c(Cl)c1. The molecule has 0 fully saturated rings. The normalized spacial score (nSPS) is 10.6. The number of anilines is 1. The fraction of sp³-hybridized carbons (Fsp3) is 0.167. The van der Waals surface area contributed by atoms with Crippen molar-refractivity contribution in [1.29, 1.82) is 0 Å². The summed E-state index contributed by atoms with van der Waals surface area (Å²) in [6, 6.07) is 10.5. The van der Waals surface area contributed by atoms with Crippen LogP contribution >= 0.6 is 23.2 Å². The molecule has 2 aromatic carbocycles. The molecule has 0 aliphatic heterocycles. The smallest absolute Gasteiger partial charge is 0.247 e. The lowest BCUT2D eigenvalue weighted by atomic mass is 10.1. The molecule has 0 aliphatic rings. The number of amides is 1. The largest absolute Gasteiger partial charge is 0.493 e. The van der Waals surface area contributed by atoms with Gasteiger partial charge in [-0.3, -0.25) is 4.79 Å². The number of carbonyl (C=O) groups is 1. The second kappa shape index (κ2) is 8.21. The van der Waals surface area contributed by atoms with Gasteiger partial charge in [0.25, 0.3) is 0 Å². The van der Waals surface area contributed by atoms with Gasteiger partial charge in [-0.05, 0) is 36.8 Å². The number of halogens is 2. The Bertz CT molecular complexity index is 914. The van der Waals surface area contributed by atoms with Crippen LogP contribution in [0.3, 0.4) is 0 Å². The highest BCUT2D eigenvalue weighted by atomic mass is 35.5. The first kappa shape index (κ1) is 18.2. The third-order valence-electron chi connectivity index (χ3n) is 3.61. The zero-order valence-corrected chi connectivity index (χ0v) is 15.3. The van der Waals surface area contributed by atoms with Gasteiger partial charge in [-0.15, -0.1) is 10.2 Å². The Morgan fingerprint density at radius 3 is 2.77 bits per heavy atom. The van der Waals surface area contributed by atoms with E-state index in [0.717, 1.165) is 11.1 Å². The third-order valence-corrected chi connectivity index (χ3v) is 4.35. The molecular weight excluding hydrogens is 377 g/mol. The summed E-state index contributed by atoms with van der Waals surface area (Å²) in [5.74, 6) is 0.779. The summed E-state index contributed by atoms with van der Waals surface area (Å²) in [5.41, 5.74) is 2.34. The lowest BCUT2D eigenvalue weighted by Gasteiger charge is -2.10. The first-order chi connectivity index (χ1) is 12.5. The van der Waals surface area contributed by atoms with Crippen molar-refractivity contribution < 1.29 is 13.9 Å². The van der Waals surface area contributed by atoms with Gasteiger partial charge < -0.3 is 14.5 Å². The molecule has 0 saturated carbocycles. The van der Waals surface area contributed by atoms with Gasteiger partial charge in [-0.1, -0.05) is 29.3 Å². The predicted octanol–water partition coefficient (Wildman–Crippen LogP) is 4.76. The summed E-state index contributed by atoms with van der Waals surface area (Å²) in [6.07, 6.45) is 1.44. The Balaban J connectivity index is 1.57. The van der Waals surface area contributed by atoms with Crippen LogP contribution in [0.4, 0.5) is 5.69 Å². The molecule has 1 aromatic heterocycles. The van der Waals surface area contributed by atoms with Crippen molar-refractivity contribution in [1.82, 2.24) is 10.2 Å². The van der Waals surface area contributed by atoms with Crippen LogP contribution in [0.5, 0.6) is 5.75 Å². The van der Waals surface area contributed by atoms with Gasteiger partial charge in [0.2, 0.25) is 18.2 Å². The summed E-state index contributed by atoms with van der Waals surface area (Å²) in [7, 11) is 0. The highest BCUT2D eigenvalue weighted by molar-refractivity contribution is 6.42. The lowest BCUT2D eigenvalue weighted by Crippen LogP contribution is -2.16. The Labute approximate surface area is 160 Å². The van der Waals surface area contributed by atoms with Gasteiger partial charge in [0, 0.05) is 17.3 Å². The molecule has 0 atom stereocenters. The Hall–Kier alpha value is -2.57. The molecule has 0 unspecified atom stereocenters. The Morgan fingerprint density at radius 1 is 1.19 bits per heavy atom. The van der Waals surface area contributed by atoms with Crippen LogP contribution in [0.25, 0.3) is 11.5 Å². The van der Waals surface area contributed by atoms with E-state index in [2.05, 4.69) is 15.5 Å². The molecule has 8 heteroatoms. The fourth-order valence-electron chi connectivity index (χ4n) is 2.23. The maximum Gasteiger partial charge on any atom is 0.247 e. The molecule has 26 heavy (non-hydrogen) atoms. The molecule has 3 rings (SSSR count). The molecule has 0 bridgehead atoms. The monoisotopic (exact) mass is 391 g/mol. The van der Waals surface area contributed by atoms with Gasteiger partial charge in [0.05, 0.1) is 23.1 Å². The van der Waals surface area contributed by atoms with Crippen LogP contribution in [-0.2, 0) is 4.79 Å². The average molecular weight is 392 g/mol. The van der Waals surface area contributed by atoms with Gasteiger partial charge in [0.1, 0.15) is 5.75 Å². The quantitative estimate of drug-likeness (QED) is 0.655. The van der Waals surface area contributed by atoms with Crippen molar-refractivity contribution in [3.05, 3.63) is 58.4 Å². The summed E-state index contributed by atoms with van der Waals surface area (Å²) < 4.78 is 10.7. The van der Waals surface area contributed by atoms with Crippen LogP contribution in [-0.4, -0.2) is 22.7 Å². The second-order valence-electron chi connectivity index (χ2n) is 5.50. The van der Waals surface area contributed by atoms with Gasteiger partial charge in [-0.2, -0.15) is 0 Å². The number of nitrogens with one attached hydrogen (secondary N) is 1. The predicted molar refractivity (Wildman–Crippen MR) is 99.7 cm³/mol. The summed E-state index contributed by atoms with van der Waals surface area (Å²) in [4.78, 5) is 12.2. The number of rotatable bonds is 6. The van der Waals surface area contributed by atoms with Crippen LogP contribution in [0, 0.1) is 6.92 Å². The van der Waals surface area contributed by atoms with Crippen molar-refractivity contribution in [2.24, 2.45) is 0 Å². The van der Waals surface area contributed by atoms with E-state index in [1.54, 1.807) is 24.3 Å². The van der Waals surface area contributed by atoms with Gasteiger partial charge in [-0.25, -0.2) is 0 Å². The van der Waals surface area contributed by atoms with Crippen LogP contribution in [0.2, 0.25) is 10.0 Å². The van der Waals surface area contributed by atoms with Crippen molar-refractivity contribution in [2.45, 2.75) is 13.3 Å². The van der Waals surface area contributed by atoms with Crippen LogP contribution in [0.1, 0.15) is 12.0 Å². The van der Waals surface area contributed by atoms with E-state index in [0.29, 0.717) is 27.4 Å². The average Bonchev–Trinajstić information content (AvgIpc) is 3.14. The van der Waals surface area contributed by atoms with E-state index < -0.39 is 0 Å². The van der Waals surface area contributed by atoms with Gasteiger partial charge in [0.15, 0.2) is 0 Å². The molecule has 1 heterocycles. The summed E-state index contributed by atoms with van der Waals surface area (Å²) >= 11 is 11.8. The van der Waals surface area contributed by atoms with Crippen molar-refractivity contribution in [3.63, 3.8) is 0 Å². The minimum atomic E-state index is -0.171. The van der Waals surface area contributed by atoms with Crippen LogP contribution in [0.15, 0.2) is 47.2 Å². The van der Waals surface area contributed by atoms with E-state index in [1.807, 2.05) is 19.1 Å². The van der Waals surface area contributed by atoms with E-state index in [9.17, 15) is 4.79 Å². The highest BCUT2D eigenvalue weighted by Crippen LogP contribution is 2.26. The minimum Gasteiger partial charge on any atom is -0.493 e.